The molecule has 0 amide bonds. The van der Waals surface area contributed by atoms with Gasteiger partial charge in [-0.05, 0) is 18.8 Å². The lowest BCUT2D eigenvalue weighted by Gasteiger charge is -2.09. The maximum Gasteiger partial charge on any atom is 0.311 e. The van der Waals surface area contributed by atoms with Gasteiger partial charge in [0.1, 0.15) is 11.8 Å². The van der Waals surface area contributed by atoms with Crippen molar-refractivity contribution in [3.63, 3.8) is 0 Å². The SMILES string of the molecule is COc1ncnc2c(C(C(=O)O)C3CC3)cn(C)c12. The van der Waals surface area contributed by atoms with Crippen molar-refractivity contribution in [3.05, 3.63) is 18.1 Å². The molecule has 1 unspecified atom stereocenters. The van der Waals surface area contributed by atoms with Crippen molar-refractivity contribution in [3.8, 4) is 5.88 Å². The Hall–Kier alpha value is -2.11. The van der Waals surface area contributed by atoms with Gasteiger partial charge in [-0.15, -0.1) is 0 Å². The van der Waals surface area contributed by atoms with E-state index in [1.807, 2.05) is 17.8 Å². The molecule has 1 atom stereocenters. The Kier molecular flexibility index (Phi) is 2.66. The Morgan fingerprint density at radius 3 is 2.84 bits per heavy atom. The molecule has 2 heterocycles. The van der Waals surface area contributed by atoms with E-state index in [0.717, 1.165) is 23.9 Å². The lowest BCUT2D eigenvalue weighted by atomic mass is 9.96. The molecular formula is C13H15N3O3. The van der Waals surface area contributed by atoms with Gasteiger partial charge >= 0.3 is 5.97 Å². The monoisotopic (exact) mass is 261 g/mol. The first-order valence-electron chi connectivity index (χ1n) is 6.20. The fourth-order valence-corrected chi connectivity index (χ4v) is 2.62. The minimum absolute atomic E-state index is 0.226. The number of carbonyl (C=O) groups is 1. The molecule has 0 bridgehead atoms. The van der Waals surface area contributed by atoms with Gasteiger partial charge in [0.25, 0.3) is 0 Å². The summed E-state index contributed by atoms with van der Waals surface area (Å²) in [5.41, 5.74) is 2.17. The van der Waals surface area contributed by atoms with E-state index < -0.39 is 11.9 Å². The number of hydrogen-bond donors (Lipinski definition) is 1. The summed E-state index contributed by atoms with van der Waals surface area (Å²) in [6.07, 6.45) is 5.18. The van der Waals surface area contributed by atoms with Crippen molar-refractivity contribution in [2.75, 3.05) is 7.11 Å². The van der Waals surface area contributed by atoms with Crippen molar-refractivity contribution in [1.82, 2.24) is 14.5 Å². The van der Waals surface area contributed by atoms with E-state index in [2.05, 4.69) is 9.97 Å². The van der Waals surface area contributed by atoms with Crippen molar-refractivity contribution in [1.29, 1.82) is 0 Å². The standard InChI is InChI=1S/C13H15N3O3/c1-16-5-8(9(13(17)18)7-3-4-7)10-11(16)12(19-2)15-6-14-10/h5-7,9H,3-4H2,1-2H3,(H,17,18). The van der Waals surface area contributed by atoms with Gasteiger partial charge in [0.05, 0.1) is 18.5 Å². The summed E-state index contributed by atoms with van der Waals surface area (Å²) in [7, 11) is 3.40. The van der Waals surface area contributed by atoms with Crippen molar-refractivity contribution in [2.45, 2.75) is 18.8 Å². The van der Waals surface area contributed by atoms with Crippen LogP contribution in [-0.2, 0) is 11.8 Å². The molecule has 1 fully saturated rings. The third-order valence-electron chi connectivity index (χ3n) is 3.64. The molecule has 0 spiro atoms. The van der Waals surface area contributed by atoms with Crippen LogP contribution in [0.15, 0.2) is 12.5 Å². The van der Waals surface area contributed by atoms with E-state index in [9.17, 15) is 9.90 Å². The number of aryl methyl sites for hydroxylation is 1. The number of ether oxygens (including phenoxy) is 1. The average Bonchev–Trinajstić information content (AvgIpc) is 3.15. The molecule has 6 heteroatoms. The molecule has 0 aromatic carbocycles. The van der Waals surface area contributed by atoms with Crippen LogP contribution in [0.3, 0.4) is 0 Å². The summed E-state index contributed by atoms with van der Waals surface area (Å²) < 4.78 is 7.05. The fraction of sp³-hybridized carbons (Fsp3) is 0.462. The van der Waals surface area contributed by atoms with Crippen molar-refractivity contribution in [2.24, 2.45) is 13.0 Å². The Balaban J connectivity index is 2.21. The normalized spacial score (nSPS) is 16.5. The smallest absolute Gasteiger partial charge is 0.311 e. The second-order valence-electron chi connectivity index (χ2n) is 4.93. The van der Waals surface area contributed by atoms with E-state index in [-0.39, 0.29) is 5.92 Å². The highest BCUT2D eigenvalue weighted by Crippen LogP contribution is 2.45. The highest BCUT2D eigenvalue weighted by molar-refractivity contribution is 5.89. The van der Waals surface area contributed by atoms with Gasteiger partial charge in [0.2, 0.25) is 5.88 Å². The molecule has 2 aromatic rings. The number of rotatable bonds is 4. The summed E-state index contributed by atoms with van der Waals surface area (Å²) in [5, 5.41) is 9.45. The van der Waals surface area contributed by atoms with Crippen molar-refractivity contribution >= 4 is 17.0 Å². The van der Waals surface area contributed by atoms with Gasteiger partial charge < -0.3 is 14.4 Å². The largest absolute Gasteiger partial charge is 0.481 e. The highest BCUT2D eigenvalue weighted by Gasteiger charge is 2.39. The average molecular weight is 261 g/mol. The molecule has 1 aliphatic rings. The molecule has 3 rings (SSSR count). The number of aromatic nitrogens is 3. The van der Waals surface area contributed by atoms with Crippen LogP contribution >= 0.6 is 0 Å². The molecule has 6 nitrogen and oxygen atoms in total. The topological polar surface area (TPSA) is 77.2 Å². The quantitative estimate of drug-likeness (QED) is 0.903. The number of methoxy groups -OCH3 is 1. The molecule has 1 aliphatic carbocycles. The minimum Gasteiger partial charge on any atom is -0.481 e. The predicted octanol–water partition coefficient (Wildman–Crippen LogP) is 1.56. The number of nitrogens with zero attached hydrogens (tertiary/aromatic N) is 3. The third-order valence-corrected chi connectivity index (χ3v) is 3.64. The van der Waals surface area contributed by atoms with Crippen LogP contribution in [0.1, 0.15) is 24.3 Å². The van der Waals surface area contributed by atoms with Gasteiger partial charge in [-0.25, -0.2) is 4.98 Å². The maximum absolute atomic E-state index is 11.5. The Labute approximate surface area is 110 Å². The summed E-state index contributed by atoms with van der Waals surface area (Å²) in [6.45, 7) is 0. The Morgan fingerprint density at radius 1 is 1.53 bits per heavy atom. The van der Waals surface area contributed by atoms with Crippen molar-refractivity contribution < 1.29 is 14.6 Å². The maximum atomic E-state index is 11.5. The number of carboxylic acids is 1. The zero-order chi connectivity index (χ0) is 13.6. The molecular weight excluding hydrogens is 246 g/mol. The van der Waals surface area contributed by atoms with Crippen LogP contribution in [0.4, 0.5) is 0 Å². The van der Waals surface area contributed by atoms with Gasteiger partial charge in [0.15, 0.2) is 0 Å². The first kappa shape index (κ1) is 12.0. The Bertz CT molecular complexity index is 646. The van der Waals surface area contributed by atoms with Crippen LogP contribution in [-0.4, -0.2) is 32.7 Å². The molecule has 1 saturated carbocycles. The van der Waals surface area contributed by atoms with Gasteiger partial charge in [-0.3, -0.25) is 4.79 Å². The van der Waals surface area contributed by atoms with Crippen LogP contribution in [0, 0.1) is 5.92 Å². The first-order valence-corrected chi connectivity index (χ1v) is 6.20. The number of carboxylic acid groups (broad SMARTS) is 1. The summed E-state index contributed by atoms with van der Waals surface area (Å²) in [4.78, 5) is 19.8. The predicted molar refractivity (Wildman–Crippen MR) is 68.2 cm³/mol. The van der Waals surface area contributed by atoms with Gasteiger partial charge in [0, 0.05) is 18.8 Å². The molecule has 0 saturated heterocycles. The van der Waals surface area contributed by atoms with Gasteiger partial charge in [-0.1, -0.05) is 0 Å². The van der Waals surface area contributed by atoms with E-state index in [4.69, 9.17) is 4.74 Å². The molecule has 19 heavy (non-hydrogen) atoms. The molecule has 1 N–H and O–H groups in total. The first-order chi connectivity index (χ1) is 9.13. The summed E-state index contributed by atoms with van der Waals surface area (Å²) in [6, 6.07) is 0. The number of fused-ring (bicyclic) bond motifs is 1. The number of aliphatic carboxylic acids is 1. The van der Waals surface area contributed by atoms with Crippen LogP contribution in [0.25, 0.3) is 11.0 Å². The fourth-order valence-electron chi connectivity index (χ4n) is 2.62. The van der Waals surface area contributed by atoms with Gasteiger partial charge in [-0.2, -0.15) is 4.98 Å². The minimum atomic E-state index is -0.785. The van der Waals surface area contributed by atoms with Crippen LogP contribution in [0.5, 0.6) is 5.88 Å². The van der Waals surface area contributed by atoms with E-state index in [1.54, 1.807) is 7.11 Å². The second-order valence-corrected chi connectivity index (χ2v) is 4.93. The van der Waals surface area contributed by atoms with E-state index in [1.165, 1.54) is 6.33 Å². The lowest BCUT2D eigenvalue weighted by Crippen LogP contribution is -2.13. The van der Waals surface area contributed by atoms with Crippen LogP contribution in [0.2, 0.25) is 0 Å². The zero-order valence-electron chi connectivity index (χ0n) is 10.8. The Morgan fingerprint density at radius 2 is 2.26 bits per heavy atom. The third kappa shape index (κ3) is 1.83. The molecule has 2 aromatic heterocycles. The lowest BCUT2D eigenvalue weighted by molar-refractivity contribution is -0.139. The van der Waals surface area contributed by atoms with E-state index in [0.29, 0.717) is 11.4 Å². The molecule has 0 radical (unpaired) electrons. The summed E-state index contributed by atoms with van der Waals surface area (Å²) >= 11 is 0. The van der Waals surface area contributed by atoms with Crippen LogP contribution < -0.4 is 4.74 Å². The second kappa shape index (κ2) is 4.22. The molecule has 100 valence electrons. The number of hydrogen-bond acceptors (Lipinski definition) is 4. The zero-order valence-corrected chi connectivity index (χ0v) is 10.8. The van der Waals surface area contributed by atoms with E-state index >= 15 is 0 Å². The summed E-state index contributed by atoms with van der Waals surface area (Å²) in [5.74, 6) is -0.571. The molecule has 0 aliphatic heterocycles. The highest BCUT2D eigenvalue weighted by atomic mass is 16.5.